The van der Waals surface area contributed by atoms with Gasteiger partial charge in [-0.2, -0.15) is 0 Å². The maximum absolute atomic E-state index is 14.7. The number of halogens is 1. The van der Waals surface area contributed by atoms with Crippen molar-refractivity contribution < 1.29 is 9.13 Å². The van der Waals surface area contributed by atoms with Gasteiger partial charge in [-0.1, -0.05) is 6.92 Å². The lowest BCUT2D eigenvalue weighted by Gasteiger charge is -2.31. The minimum atomic E-state index is -0.206. The monoisotopic (exact) mass is 295 g/mol. The fourth-order valence-corrected chi connectivity index (χ4v) is 2.59. The highest BCUT2D eigenvalue weighted by Crippen LogP contribution is 2.37. The van der Waals surface area contributed by atoms with E-state index in [4.69, 9.17) is 4.74 Å². The molecule has 1 N–H and O–H groups in total. The summed E-state index contributed by atoms with van der Waals surface area (Å²) in [7, 11) is 1.67. The Labute approximate surface area is 126 Å². The van der Waals surface area contributed by atoms with E-state index < -0.39 is 0 Å². The molecular formula is C16H26FN3O. The Bertz CT molecular complexity index is 451. The van der Waals surface area contributed by atoms with Crippen LogP contribution in [0.1, 0.15) is 32.3 Å². The molecule has 1 atom stereocenters. The van der Waals surface area contributed by atoms with E-state index in [1.54, 1.807) is 19.4 Å². The van der Waals surface area contributed by atoms with Crippen molar-refractivity contribution in [3.05, 3.63) is 23.6 Å². The normalized spacial score (nSPS) is 16.0. The first-order valence-electron chi connectivity index (χ1n) is 7.78. The van der Waals surface area contributed by atoms with Gasteiger partial charge in [-0.3, -0.25) is 0 Å². The topological polar surface area (TPSA) is 37.4 Å². The molecule has 0 radical (unpaired) electrons. The van der Waals surface area contributed by atoms with Gasteiger partial charge in [-0.25, -0.2) is 9.37 Å². The number of pyridine rings is 1. The molecular weight excluding hydrogens is 269 g/mol. The van der Waals surface area contributed by atoms with Crippen LogP contribution in [-0.4, -0.2) is 37.8 Å². The zero-order chi connectivity index (χ0) is 15.2. The molecule has 1 saturated carbocycles. The first-order valence-corrected chi connectivity index (χ1v) is 7.78. The minimum absolute atomic E-state index is 0.206. The SMILES string of the molecule is CCNCc1ccnc(N(CCOC)C(C)C2CC2)c1F. The first kappa shape index (κ1) is 16.2. The lowest BCUT2D eigenvalue weighted by molar-refractivity contribution is 0.202. The molecule has 1 aromatic rings. The number of rotatable bonds is 9. The Kier molecular flexibility index (Phi) is 5.94. The Morgan fingerprint density at radius 3 is 2.90 bits per heavy atom. The van der Waals surface area contributed by atoms with Crippen LogP contribution >= 0.6 is 0 Å². The fraction of sp³-hybridized carbons (Fsp3) is 0.688. The van der Waals surface area contributed by atoms with Crippen molar-refractivity contribution in [2.24, 2.45) is 5.92 Å². The molecule has 0 aromatic carbocycles. The standard InChI is InChI=1S/C16H26FN3O/c1-4-18-11-14-7-8-19-16(15(14)17)20(9-10-21-3)12(2)13-5-6-13/h7-8,12-13,18H,4-6,9-11H2,1-3H3. The zero-order valence-electron chi connectivity index (χ0n) is 13.2. The van der Waals surface area contributed by atoms with Crippen LogP contribution in [0.2, 0.25) is 0 Å². The van der Waals surface area contributed by atoms with Gasteiger partial charge in [0.15, 0.2) is 11.6 Å². The van der Waals surface area contributed by atoms with Gasteiger partial charge in [0.1, 0.15) is 0 Å². The van der Waals surface area contributed by atoms with Gasteiger partial charge in [0.05, 0.1) is 6.61 Å². The smallest absolute Gasteiger partial charge is 0.170 e. The molecule has 118 valence electrons. The third-order valence-electron chi connectivity index (χ3n) is 4.12. The van der Waals surface area contributed by atoms with Crippen LogP contribution in [0.25, 0.3) is 0 Å². The van der Waals surface area contributed by atoms with E-state index in [1.165, 1.54) is 12.8 Å². The molecule has 1 unspecified atom stereocenters. The highest BCUT2D eigenvalue weighted by molar-refractivity contribution is 5.44. The number of aromatic nitrogens is 1. The summed E-state index contributed by atoms with van der Waals surface area (Å²) >= 11 is 0. The Balaban J connectivity index is 2.21. The highest BCUT2D eigenvalue weighted by Gasteiger charge is 2.33. The number of methoxy groups -OCH3 is 1. The Morgan fingerprint density at radius 2 is 2.29 bits per heavy atom. The molecule has 1 aromatic heterocycles. The minimum Gasteiger partial charge on any atom is -0.383 e. The van der Waals surface area contributed by atoms with Crippen molar-refractivity contribution in [3.63, 3.8) is 0 Å². The Hall–Kier alpha value is -1.20. The maximum atomic E-state index is 14.7. The van der Waals surface area contributed by atoms with Crippen molar-refractivity contribution in [2.75, 3.05) is 31.7 Å². The van der Waals surface area contributed by atoms with Crippen molar-refractivity contribution in [1.29, 1.82) is 0 Å². The maximum Gasteiger partial charge on any atom is 0.170 e. The van der Waals surface area contributed by atoms with Crippen LogP contribution in [0.4, 0.5) is 10.2 Å². The second-order valence-corrected chi connectivity index (χ2v) is 5.65. The number of nitrogens with one attached hydrogen (secondary N) is 1. The molecule has 2 rings (SSSR count). The van der Waals surface area contributed by atoms with Crippen molar-refractivity contribution >= 4 is 5.82 Å². The van der Waals surface area contributed by atoms with Gasteiger partial charge < -0.3 is 15.0 Å². The van der Waals surface area contributed by atoms with E-state index in [0.29, 0.717) is 43.0 Å². The molecule has 0 saturated heterocycles. The third kappa shape index (κ3) is 4.14. The molecule has 0 aliphatic heterocycles. The van der Waals surface area contributed by atoms with Crippen molar-refractivity contribution in [1.82, 2.24) is 10.3 Å². The molecule has 0 spiro atoms. The number of hydrogen-bond donors (Lipinski definition) is 1. The predicted octanol–water partition coefficient (Wildman–Crippen LogP) is 2.58. The first-order chi connectivity index (χ1) is 10.2. The van der Waals surface area contributed by atoms with Gasteiger partial charge in [0.25, 0.3) is 0 Å². The average Bonchev–Trinajstić information content (AvgIpc) is 3.32. The molecule has 0 bridgehead atoms. The summed E-state index contributed by atoms with van der Waals surface area (Å²) in [5.74, 6) is 0.907. The summed E-state index contributed by atoms with van der Waals surface area (Å²) in [5, 5.41) is 3.17. The van der Waals surface area contributed by atoms with Crippen molar-refractivity contribution in [3.8, 4) is 0 Å². The highest BCUT2D eigenvalue weighted by atomic mass is 19.1. The van der Waals surface area contributed by atoms with Crippen LogP contribution in [0.3, 0.4) is 0 Å². The van der Waals surface area contributed by atoms with Gasteiger partial charge in [-0.05, 0) is 38.3 Å². The third-order valence-corrected chi connectivity index (χ3v) is 4.12. The van der Waals surface area contributed by atoms with E-state index >= 15 is 0 Å². The quantitative estimate of drug-likeness (QED) is 0.760. The number of nitrogens with zero attached hydrogens (tertiary/aromatic N) is 2. The lowest BCUT2D eigenvalue weighted by Crippen LogP contribution is -2.38. The summed E-state index contributed by atoms with van der Waals surface area (Å²) in [6, 6.07) is 2.05. The van der Waals surface area contributed by atoms with Gasteiger partial charge in [0.2, 0.25) is 0 Å². The van der Waals surface area contributed by atoms with Gasteiger partial charge in [-0.15, -0.1) is 0 Å². The summed E-state index contributed by atoms with van der Waals surface area (Å²) in [6.07, 6.45) is 4.15. The number of hydrogen-bond acceptors (Lipinski definition) is 4. The number of anilines is 1. The molecule has 1 heterocycles. The van der Waals surface area contributed by atoms with E-state index in [1.807, 2.05) is 6.92 Å². The summed E-state index contributed by atoms with van der Waals surface area (Å²) < 4.78 is 19.9. The number of ether oxygens (including phenoxy) is 1. The zero-order valence-corrected chi connectivity index (χ0v) is 13.2. The second-order valence-electron chi connectivity index (χ2n) is 5.65. The van der Waals surface area contributed by atoms with Gasteiger partial charge in [0, 0.05) is 38.0 Å². The summed E-state index contributed by atoms with van der Waals surface area (Å²) in [4.78, 5) is 6.36. The van der Waals surface area contributed by atoms with Gasteiger partial charge >= 0.3 is 0 Å². The molecule has 1 fully saturated rings. The largest absolute Gasteiger partial charge is 0.383 e. The summed E-state index contributed by atoms with van der Waals surface area (Å²) in [5.41, 5.74) is 0.673. The average molecular weight is 295 g/mol. The van der Waals surface area contributed by atoms with Crippen LogP contribution in [0.15, 0.2) is 12.3 Å². The molecule has 0 amide bonds. The second kappa shape index (κ2) is 7.71. The lowest BCUT2D eigenvalue weighted by atomic mass is 10.1. The van der Waals surface area contributed by atoms with Crippen LogP contribution in [0.5, 0.6) is 0 Å². The molecule has 1 aliphatic rings. The summed E-state index contributed by atoms with van der Waals surface area (Å²) in [6.45, 7) is 6.78. The fourth-order valence-electron chi connectivity index (χ4n) is 2.59. The van der Waals surface area contributed by atoms with E-state index in [-0.39, 0.29) is 5.82 Å². The van der Waals surface area contributed by atoms with E-state index in [2.05, 4.69) is 22.1 Å². The van der Waals surface area contributed by atoms with Crippen molar-refractivity contribution in [2.45, 2.75) is 39.3 Å². The van der Waals surface area contributed by atoms with E-state index in [0.717, 1.165) is 6.54 Å². The molecule has 5 heteroatoms. The molecule has 1 aliphatic carbocycles. The van der Waals surface area contributed by atoms with Crippen LogP contribution in [-0.2, 0) is 11.3 Å². The Morgan fingerprint density at radius 1 is 1.52 bits per heavy atom. The molecule has 4 nitrogen and oxygen atoms in total. The van der Waals surface area contributed by atoms with Crippen LogP contribution in [0, 0.1) is 11.7 Å². The van der Waals surface area contributed by atoms with E-state index in [9.17, 15) is 4.39 Å². The molecule has 21 heavy (non-hydrogen) atoms. The van der Waals surface area contributed by atoms with Crippen LogP contribution < -0.4 is 10.2 Å². The predicted molar refractivity (Wildman–Crippen MR) is 83.0 cm³/mol.